The normalized spacial score (nSPS) is 21.8. The molecule has 3 heterocycles. The summed E-state index contributed by atoms with van der Waals surface area (Å²) in [6.07, 6.45) is -3.23. The largest absolute Gasteiger partial charge is 0.490 e. The molecule has 1 aromatic rings. The molecule has 29 heavy (non-hydrogen) atoms. The van der Waals surface area contributed by atoms with Gasteiger partial charge in [-0.3, -0.25) is 14.5 Å². The molecule has 0 saturated carbocycles. The predicted molar refractivity (Wildman–Crippen MR) is 94.2 cm³/mol. The molecule has 0 bridgehead atoms. The van der Waals surface area contributed by atoms with Crippen LogP contribution in [0.1, 0.15) is 10.5 Å². The lowest BCUT2D eigenvalue weighted by Gasteiger charge is -2.35. The molecule has 2 N–H and O–H groups in total. The van der Waals surface area contributed by atoms with Crippen molar-refractivity contribution in [2.75, 3.05) is 39.8 Å². The van der Waals surface area contributed by atoms with Crippen molar-refractivity contribution in [1.82, 2.24) is 19.7 Å². The molecule has 0 unspecified atom stereocenters. The number of fused-ring (bicyclic) bond motifs is 1. The number of nitrogens with one attached hydrogen (secondary N) is 1. The third-order valence-electron chi connectivity index (χ3n) is 4.73. The average molecular weight is 420 g/mol. The minimum Gasteiger partial charge on any atom is -0.475 e. The summed E-state index contributed by atoms with van der Waals surface area (Å²) in [7, 11) is 3.50. The van der Waals surface area contributed by atoms with Crippen molar-refractivity contribution in [1.29, 1.82) is 0 Å². The van der Waals surface area contributed by atoms with Crippen LogP contribution in [0.4, 0.5) is 13.2 Å². The maximum absolute atomic E-state index is 12.6. The molecule has 2 aliphatic heterocycles. The number of carboxylic acid groups (broad SMARTS) is 1. The summed E-state index contributed by atoms with van der Waals surface area (Å²) in [4.78, 5) is 37.1. The van der Waals surface area contributed by atoms with Gasteiger partial charge in [-0.05, 0) is 12.1 Å². The molecule has 9 nitrogen and oxygen atoms in total. The van der Waals surface area contributed by atoms with E-state index in [1.165, 1.54) is 0 Å². The van der Waals surface area contributed by atoms with Crippen LogP contribution in [0.2, 0.25) is 0 Å². The van der Waals surface area contributed by atoms with Crippen molar-refractivity contribution in [2.45, 2.75) is 18.3 Å². The zero-order valence-electron chi connectivity index (χ0n) is 16.0. The van der Waals surface area contributed by atoms with Crippen molar-refractivity contribution in [3.05, 3.63) is 24.0 Å². The molecular weight excluding hydrogens is 397 g/mol. The predicted octanol–water partition coefficient (Wildman–Crippen LogP) is -0.0704. The number of aliphatic carboxylic acids is 1. The summed E-state index contributed by atoms with van der Waals surface area (Å²) in [5.41, 5.74) is 0.677. The van der Waals surface area contributed by atoms with Gasteiger partial charge in [0.25, 0.3) is 5.91 Å². The summed E-state index contributed by atoms with van der Waals surface area (Å²) < 4.78 is 39.4. The zero-order valence-corrected chi connectivity index (χ0v) is 16.0. The van der Waals surface area contributed by atoms with Crippen LogP contribution in [0.5, 0.6) is 0 Å². The minimum absolute atomic E-state index is 0.00661. The molecule has 2 aliphatic rings. The van der Waals surface area contributed by atoms with E-state index in [1.807, 2.05) is 34.8 Å². The first-order valence-corrected chi connectivity index (χ1v) is 8.81. The molecule has 0 aliphatic carbocycles. The number of carbonyl (C=O) groups is 3. The lowest BCUT2D eigenvalue weighted by molar-refractivity contribution is -0.192. The van der Waals surface area contributed by atoms with Crippen molar-refractivity contribution in [3.8, 4) is 0 Å². The highest BCUT2D eigenvalue weighted by atomic mass is 19.4. The third-order valence-corrected chi connectivity index (χ3v) is 4.73. The number of halogens is 3. The van der Waals surface area contributed by atoms with E-state index in [0.29, 0.717) is 31.9 Å². The van der Waals surface area contributed by atoms with Crippen LogP contribution in [0.15, 0.2) is 18.3 Å². The Hall–Kier alpha value is -2.60. The van der Waals surface area contributed by atoms with Gasteiger partial charge in [0.15, 0.2) is 0 Å². The van der Waals surface area contributed by atoms with E-state index in [-0.39, 0.29) is 24.0 Å². The summed E-state index contributed by atoms with van der Waals surface area (Å²) in [6.45, 7) is 2.86. The molecule has 12 heteroatoms. The fourth-order valence-corrected chi connectivity index (χ4v) is 3.23. The summed E-state index contributed by atoms with van der Waals surface area (Å²) in [5, 5.41) is 9.78. The standard InChI is InChI=1S/C15H22N4O3.C2HF3O2/c1-16-14(20)10-18-6-7-22-13-9-19(8-12(13)18)15(21)11-4-3-5-17(11)2;3-2(4,5)1(6)7/h3-5,12-13H,6-10H2,1-2H3,(H,16,20);(H,6,7)/t12-,13+;/m1./s1. The second kappa shape index (κ2) is 9.27. The number of amides is 2. The van der Waals surface area contributed by atoms with Crippen molar-refractivity contribution >= 4 is 17.8 Å². The lowest BCUT2D eigenvalue weighted by Crippen LogP contribution is -2.53. The SMILES string of the molecule is CNC(=O)CN1CCO[C@H]2CN(C(=O)c3cccn3C)C[C@H]21.O=C(O)C(F)(F)F. The Bertz CT molecular complexity index is 752. The van der Waals surface area contributed by atoms with Crippen molar-refractivity contribution in [2.24, 2.45) is 7.05 Å². The molecule has 3 rings (SSSR count). The second-order valence-electron chi connectivity index (χ2n) is 6.64. The number of ether oxygens (including phenoxy) is 1. The van der Waals surface area contributed by atoms with E-state index in [9.17, 15) is 22.8 Å². The highest BCUT2D eigenvalue weighted by Crippen LogP contribution is 2.24. The Labute approximate surface area is 165 Å². The first-order valence-electron chi connectivity index (χ1n) is 8.81. The Morgan fingerprint density at radius 1 is 1.31 bits per heavy atom. The number of carboxylic acids is 1. The number of alkyl halides is 3. The molecule has 0 radical (unpaired) electrons. The molecule has 2 saturated heterocycles. The van der Waals surface area contributed by atoms with Crippen LogP contribution in [-0.2, 0) is 21.4 Å². The number of hydrogen-bond acceptors (Lipinski definition) is 5. The molecule has 0 spiro atoms. The third kappa shape index (κ3) is 5.70. The molecular formula is C17H23F3N4O5. The summed E-state index contributed by atoms with van der Waals surface area (Å²) in [5.74, 6) is -2.74. The van der Waals surface area contributed by atoms with E-state index in [1.54, 1.807) is 7.05 Å². The highest BCUT2D eigenvalue weighted by molar-refractivity contribution is 5.93. The number of rotatable bonds is 3. The van der Waals surface area contributed by atoms with Crippen LogP contribution < -0.4 is 5.32 Å². The van der Waals surface area contributed by atoms with E-state index in [0.717, 1.165) is 6.54 Å². The summed E-state index contributed by atoms with van der Waals surface area (Å²) in [6, 6.07) is 3.79. The van der Waals surface area contributed by atoms with E-state index in [4.69, 9.17) is 14.6 Å². The molecule has 2 atom stereocenters. The first-order chi connectivity index (χ1) is 13.5. The van der Waals surface area contributed by atoms with Crippen LogP contribution in [0.3, 0.4) is 0 Å². The van der Waals surface area contributed by atoms with Crippen LogP contribution in [0, 0.1) is 0 Å². The van der Waals surface area contributed by atoms with E-state index in [2.05, 4.69) is 10.2 Å². The van der Waals surface area contributed by atoms with Crippen LogP contribution >= 0.6 is 0 Å². The molecule has 162 valence electrons. The van der Waals surface area contributed by atoms with Crippen molar-refractivity contribution < 1.29 is 37.4 Å². The number of likely N-dealkylation sites (tertiary alicyclic amines) is 1. The number of morpholine rings is 1. The number of carbonyl (C=O) groups excluding carboxylic acids is 2. The van der Waals surface area contributed by atoms with E-state index < -0.39 is 12.1 Å². The van der Waals surface area contributed by atoms with Gasteiger partial charge in [-0.1, -0.05) is 0 Å². The van der Waals surface area contributed by atoms with Crippen LogP contribution in [-0.4, -0.2) is 95.4 Å². The quantitative estimate of drug-likeness (QED) is 0.710. The lowest BCUT2D eigenvalue weighted by atomic mass is 10.1. The van der Waals surface area contributed by atoms with Crippen molar-refractivity contribution in [3.63, 3.8) is 0 Å². The highest BCUT2D eigenvalue weighted by Gasteiger charge is 2.42. The number of hydrogen-bond donors (Lipinski definition) is 2. The van der Waals surface area contributed by atoms with Gasteiger partial charge in [0.1, 0.15) is 5.69 Å². The Morgan fingerprint density at radius 3 is 2.48 bits per heavy atom. The minimum atomic E-state index is -5.08. The monoisotopic (exact) mass is 420 g/mol. The van der Waals surface area contributed by atoms with Gasteiger partial charge >= 0.3 is 12.1 Å². The molecule has 2 amide bonds. The molecule has 1 aromatic heterocycles. The maximum Gasteiger partial charge on any atom is 0.490 e. The van der Waals surface area contributed by atoms with Gasteiger partial charge in [-0.2, -0.15) is 13.2 Å². The van der Waals surface area contributed by atoms with Crippen LogP contribution in [0.25, 0.3) is 0 Å². The second-order valence-corrected chi connectivity index (χ2v) is 6.64. The number of likely N-dealkylation sites (N-methyl/N-ethyl adjacent to an activating group) is 1. The van der Waals surface area contributed by atoms with Gasteiger partial charge in [-0.25, -0.2) is 4.79 Å². The van der Waals surface area contributed by atoms with Gasteiger partial charge < -0.3 is 24.6 Å². The fraction of sp³-hybridized carbons (Fsp3) is 0.588. The maximum atomic E-state index is 12.6. The van der Waals surface area contributed by atoms with E-state index >= 15 is 0 Å². The Kier molecular flexibility index (Phi) is 7.25. The Balaban J connectivity index is 0.000000370. The Morgan fingerprint density at radius 2 is 1.97 bits per heavy atom. The van der Waals surface area contributed by atoms with Gasteiger partial charge in [0.05, 0.1) is 25.3 Å². The van der Waals surface area contributed by atoms with Gasteiger partial charge in [0, 0.05) is 39.9 Å². The molecule has 2 fully saturated rings. The average Bonchev–Trinajstić information content (AvgIpc) is 3.27. The fourth-order valence-electron chi connectivity index (χ4n) is 3.23. The zero-order chi connectivity index (χ0) is 21.8. The number of aromatic nitrogens is 1. The topological polar surface area (TPSA) is 104 Å². The molecule has 0 aromatic carbocycles. The van der Waals surface area contributed by atoms with Gasteiger partial charge in [-0.15, -0.1) is 0 Å². The van der Waals surface area contributed by atoms with Gasteiger partial charge in [0.2, 0.25) is 5.91 Å². The number of aryl methyl sites for hydroxylation is 1. The first kappa shape index (κ1) is 22.7. The summed E-state index contributed by atoms with van der Waals surface area (Å²) >= 11 is 0. The smallest absolute Gasteiger partial charge is 0.475 e. The number of nitrogens with zero attached hydrogens (tertiary/aromatic N) is 3.